The van der Waals surface area contributed by atoms with E-state index in [9.17, 15) is 19.1 Å². The summed E-state index contributed by atoms with van der Waals surface area (Å²) in [6.45, 7) is 1.31. The van der Waals surface area contributed by atoms with Crippen LogP contribution < -0.4 is 5.90 Å². The van der Waals surface area contributed by atoms with E-state index in [4.69, 9.17) is 5.90 Å². The minimum Gasteiger partial charge on any atom is -0.367 e. The van der Waals surface area contributed by atoms with Gasteiger partial charge in [0.25, 0.3) is 5.08 Å². The SMILES string of the molecule is CCC(O)(P(=O)(O)OC)P(=O)(OC)ON. The Kier molecular flexibility index (Phi) is 5.11. The topological polar surface area (TPSA) is 128 Å². The summed E-state index contributed by atoms with van der Waals surface area (Å²) in [5, 5.41) is 7.15. The van der Waals surface area contributed by atoms with Crippen molar-refractivity contribution in [1.82, 2.24) is 0 Å². The Morgan fingerprint density at radius 3 is 2.00 bits per heavy atom. The van der Waals surface area contributed by atoms with Gasteiger partial charge in [0.05, 0.1) is 0 Å². The molecule has 15 heavy (non-hydrogen) atoms. The van der Waals surface area contributed by atoms with Gasteiger partial charge in [-0.2, -0.15) is 0 Å². The van der Waals surface area contributed by atoms with Gasteiger partial charge in [0, 0.05) is 14.2 Å². The van der Waals surface area contributed by atoms with Gasteiger partial charge in [0.15, 0.2) is 0 Å². The molecule has 0 saturated carbocycles. The summed E-state index contributed by atoms with van der Waals surface area (Å²) < 4.78 is 35.9. The van der Waals surface area contributed by atoms with Crippen molar-refractivity contribution in [2.24, 2.45) is 5.90 Å². The maximum absolute atomic E-state index is 11.8. The number of rotatable bonds is 6. The van der Waals surface area contributed by atoms with Crippen LogP contribution in [0.3, 0.4) is 0 Å². The first-order valence-corrected chi connectivity index (χ1v) is 7.02. The summed E-state index contributed by atoms with van der Waals surface area (Å²) in [6.07, 6.45) is -0.392. The first-order valence-electron chi connectivity index (χ1n) is 3.90. The molecule has 0 aromatic heterocycles. The third-order valence-electron chi connectivity index (χ3n) is 1.99. The lowest BCUT2D eigenvalue weighted by Crippen LogP contribution is -2.31. The van der Waals surface area contributed by atoms with Crippen LogP contribution in [0.1, 0.15) is 13.3 Å². The molecule has 0 heterocycles. The molecule has 0 bridgehead atoms. The van der Waals surface area contributed by atoms with Crippen LogP contribution in [0.25, 0.3) is 0 Å². The Hall–Kier alpha value is 0.220. The van der Waals surface area contributed by atoms with Gasteiger partial charge in [0.1, 0.15) is 0 Å². The van der Waals surface area contributed by atoms with Crippen LogP contribution in [0.2, 0.25) is 0 Å². The number of nitrogens with two attached hydrogens (primary N) is 1. The van der Waals surface area contributed by atoms with Crippen LogP contribution >= 0.6 is 15.2 Å². The first kappa shape index (κ1) is 15.2. The zero-order valence-corrected chi connectivity index (χ0v) is 10.4. The first-order chi connectivity index (χ1) is 6.74. The molecule has 0 rings (SSSR count). The van der Waals surface area contributed by atoms with Gasteiger partial charge in [-0.15, -0.1) is 0 Å². The fourth-order valence-electron chi connectivity index (χ4n) is 0.968. The molecule has 92 valence electrons. The van der Waals surface area contributed by atoms with Crippen LogP contribution in [0.5, 0.6) is 0 Å². The Morgan fingerprint density at radius 2 is 1.80 bits per heavy atom. The molecule has 3 unspecified atom stereocenters. The average Bonchev–Trinajstić information content (AvgIpc) is 2.26. The highest BCUT2D eigenvalue weighted by atomic mass is 31.2. The molecule has 0 radical (unpaired) electrons. The summed E-state index contributed by atoms with van der Waals surface area (Å²) >= 11 is 0. The predicted octanol–water partition coefficient (Wildman–Crippen LogP) is 0.604. The summed E-state index contributed by atoms with van der Waals surface area (Å²) in [6, 6.07) is 0. The van der Waals surface area contributed by atoms with Gasteiger partial charge in [0.2, 0.25) is 0 Å². The van der Waals surface area contributed by atoms with Crippen molar-refractivity contribution < 1.29 is 32.8 Å². The van der Waals surface area contributed by atoms with Gasteiger partial charge in [-0.25, -0.2) is 10.5 Å². The van der Waals surface area contributed by atoms with Crippen LogP contribution in [0, 0.1) is 0 Å². The van der Waals surface area contributed by atoms with Crippen LogP contribution in [-0.4, -0.2) is 29.3 Å². The smallest absolute Gasteiger partial charge is 0.367 e. The molecule has 0 saturated heterocycles. The van der Waals surface area contributed by atoms with Gasteiger partial charge in [-0.05, 0) is 6.42 Å². The van der Waals surface area contributed by atoms with Crippen molar-refractivity contribution in [1.29, 1.82) is 0 Å². The number of hydrogen-bond donors (Lipinski definition) is 3. The van der Waals surface area contributed by atoms with E-state index in [1.807, 2.05) is 0 Å². The Bertz CT molecular complexity index is 300. The summed E-state index contributed by atoms with van der Waals surface area (Å²) in [5.74, 6) is 4.69. The Labute approximate surface area is 87.3 Å². The standard InChI is InChI=1S/C5H15NO7P2/c1-4-5(7,14(8,9)11-2)15(10,12-3)13-6/h7H,4,6H2,1-3H3,(H,8,9). The molecule has 8 nitrogen and oxygen atoms in total. The lowest BCUT2D eigenvalue weighted by atomic mass is 10.5. The molecule has 0 aliphatic carbocycles. The molecular formula is C5H15NO7P2. The number of hydrogen-bond acceptors (Lipinski definition) is 7. The highest BCUT2D eigenvalue weighted by Gasteiger charge is 2.62. The molecule has 0 aromatic carbocycles. The van der Waals surface area contributed by atoms with Gasteiger partial charge in [-0.3, -0.25) is 9.13 Å². The second kappa shape index (κ2) is 5.03. The Balaban J connectivity index is 5.56. The van der Waals surface area contributed by atoms with Crippen LogP contribution in [0.15, 0.2) is 0 Å². The highest BCUT2D eigenvalue weighted by molar-refractivity contribution is 7.73. The van der Waals surface area contributed by atoms with Crippen molar-refractivity contribution in [3.63, 3.8) is 0 Å². The third-order valence-corrected chi connectivity index (χ3v) is 7.15. The van der Waals surface area contributed by atoms with Crippen molar-refractivity contribution in [3.8, 4) is 0 Å². The average molecular weight is 263 g/mol. The Morgan fingerprint density at radius 1 is 1.33 bits per heavy atom. The molecule has 0 aromatic rings. The van der Waals surface area contributed by atoms with Crippen molar-refractivity contribution >= 4 is 15.2 Å². The normalized spacial score (nSPS) is 23.9. The molecule has 3 atom stereocenters. The predicted molar refractivity (Wildman–Crippen MR) is 52.0 cm³/mol. The van der Waals surface area contributed by atoms with Gasteiger partial charge < -0.3 is 19.0 Å². The molecule has 10 heteroatoms. The zero-order chi connectivity index (χ0) is 12.3. The lowest BCUT2D eigenvalue weighted by Gasteiger charge is -2.33. The largest absolute Gasteiger partial charge is 0.390 e. The third kappa shape index (κ3) is 2.33. The maximum atomic E-state index is 11.8. The summed E-state index contributed by atoms with van der Waals surface area (Å²) in [7, 11) is -7.11. The second-order valence-electron chi connectivity index (χ2n) is 2.62. The monoisotopic (exact) mass is 263 g/mol. The molecule has 4 N–H and O–H groups in total. The van der Waals surface area contributed by atoms with Gasteiger partial charge >= 0.3 is 15.2 Å². The fraction of sp³-hybridized carbons (Fsp3) is 1.00. The zero-order valence-electron chi connectivity index (χ0n) is 8.61. The quantitative estimate of drug-likeness (QED) is 0.469. The minimum atomic E-state index is -4.59. The number of aliphatic hydroxyl groups is 1. The summed E-state index contributed by atoms with van der Waals surface area (Å²) in [4.78, 5) is 9.34. The van der Waals surface area contributed by atoms with Crippen molar-refractivity contribution in [2.45, 2.75) is 18.4 Å². The van der Waals surface area contributed by atoms with Crippen LogP contribution in [-0.2, 0) is 22.8 Å². The second-order valence-corrected chi connectivity index (χ2v) is 7.43. The molecule has 0 fully saturated rings. The fourth-order valence-corrected chi connectivity index (χ4v) is 4.46. The van der Waals surface area contributed by atoms with E-state index in [0.29, 0.717) is 0 Å². The van der Waals surface area contributed by atoms with Crippen molar-refractivity contribution in [2.75, 3.05) is 14.2 Å². The molecular weight excluding hydrogens is 248 g/mol. The van der Waals surface area contributed by atoms with E-state index in [0.717, 1.165) is 14.2 Å². The van der Waals surface area contributed by atoms with E-state index in [2.05, 4.69) is 13.7 Å². The van der Waals surface area contributed by atoms with E-state index in [-0.39, 0.29) is 0 Å². The van der Waals surface area contributed by atoms with E-state index < -0.39 is 26.7 Å². The molecule has 0 amide bonds. The summed E-state index contributed by atoms with van der Waals surface area (Å²) in [5.41, 5.74) is 0. The van der Waals surface area contributed by atoms with E-state index in [1.165, 1.54) is 6.92 Å². The van der Waals surface area contributed by atoms with E-state index >= 15 is 0 Å². The maximum Gasteiger partial charge on any atom is 0.390 e. The van der Waals surface area contributed by atoms with Gasteiger partial charge in [-0.1, -0.05) is 6.92 Å². The molecule has 0 spiro atoms. The highest BCUT2D eigenvalue weighted by Crippen LogP contribution is 2.74. The molecule has 0 aliphatic heterocycles. The lowest BCUT2D eigenvalue weighted by molar-refractivity contribution is 0.0993. The minimum absolute atomic E-state index is 0.392. The van der Waals surface area contributed by atoms with Crippen molar-refractivity contribution in [3.05, 3.63) is 0 Å². The molecule has 0 aliphatic rings. The van der Waals surface area contributed by atoms with Crippen LogP contribution in [0.4, 0.5) is 0 Å². The van der Waals surface area contributed by atoms with E-state index in [1.54, 1.807) is 0 Å².